The summed E-state index contributed by atoms with van der Waals surface area (Å²) in [5.41, 5.74) is 0. The van der Waals surface area contributed by atoms with Gasteiger partial charge in [0.2, 0.25) is 0 Å². The maximum absolute atomic E-state index is 12.9. The number of hydrogen-bond acceptors (Lipinski definition) is 4. The molecule has 0 aliphatic rings. The van der Waals surface area contributed by atoms with E-state index >= 15 is 0 Å². The molecule has 0 bridgehead atoms. The molecule has 4 nitrogen and oxygen atoms in total. The van der Waals surface area contributed by atoms with Crippen molar-refractivity contribution in [1.29, 1.82) is 0 Å². The average Bonchev–Trinajstić information content (AvgIpc) is 1.90. The zero-order valence-electron chi connectivity index (χ0n) is 14.1. The van der Waals surface area contributed by atoms with E-state index in [1.54, 1.807) is 0 Å². The molecule has 0 atom stereocenters. The van der Waals surface area contributed by atoms with E-state index in [4.69, 9.17) is 8.43 Å². The van der Waals surface area contributed by atoms with Gasteiger partial charge >= 0.3 is 7.60 Å². The Morgan fingerprint density at radius 1 is 0.842 bits per heavy atom. The molecule has 0 fully saturated rings. The lowest BCUT2D eigenvalue weighted by molar-refractivity contribution is 0.383. The predicted octanol–water partition coefficient (Wildman–Crippen LogP) is 4.31. The standard InChI is InChI=1S/C11H32NO3PSi3/c1-17(2,3)12-10-11-16(13,14-18(4,5)6)15-19(7,8)9/h12H,10-11H2,1-9H3. The van der Waals surface area contributed by atoms with Crippen LogP contribution in [0.5, 0.6) is 0 Å². The van der Waals surface area contributed by atoms with E-state index in [0.29, 0.717) is 12.7 Å². The van der Waals surface area contributed by atoms with E-state index < -0.39 is 32.5 Å². The van der Waals surface area contributed by atoms with Gasteiger partial charge in [0.15, 0.2) is 16.6 Å². The summed E-state index contributed by atoms with van der Waals surface area (Å²) in [6, 6.07) is 0. The zero-order valence-corrected chi connectivity index (χ0v) is 18.0. The quantitative estimate of drug-likeness (QED) is 0.528. The molecule has 0 aromatic heterocycles. The molecule has 0 aliphatic heterocycles. The van der Waals surface area contributed by atoms with Crippen LogP contribution >= 0.6 is 7.60 Å². The summed E-state index contributed by atoms with van der Waals surface area (Å²) < 4.78 is 24.7. The second-order valence-electron chi connectivity index (χ2n) is 7.92. The lowest BCUT2D eigenvalue weighted by Gasteiger charge is -2.31. The topological polar surface area (TPSA) is 47.6 Å². The fraction of sp³-hybridized carbons (Fsp3) is 1.00. The monoisotopic (exact) mass is 341 g/mol. The smallest absolute Gasteiger partial charge is 0.312 e. The van der Waals surface area contributed by atoms with Gasteiger partial charge in [0.25, 0.3) is 0 Å². The van der Waals surface area contributed by atoms with Gasteiger partial charge in [-0.05, 0) is 39.3 Å². The molecule has 8 heteroatoms. The number of nitrogens with one attached hydrogen (secondary N) is 1. The van der Waals surface area contributed by atoms with E-state index in [2.05, 4.69) is 63.9 Å². The van der Waals surface area contributed by atoms with Gasteiger partial charge in [-0.2, -0.15) is 0 Å². The minimum atomic E-state index is -2.97. The van der Waals surface area contributed by atoms with Crippen molar-refractivity contribution in [3.8, 4) is 0 Å². The molecular weight excluding hydrogens is 309 g/mol. The van der Waals surface area contributed by atoms with Crippen LogP contribution in [0.25, 0.3) is 0 Å². The molecule has 0 rings (SSSR count). The van der Waals surface area contributed by atoms with Crippen LogP contribution in [0, 0.1) is 0 Å². The first kappa shape index (κ1) is 19.8. The predicted molar refractivity (Wildman–Crippen MR) is 92.7 cm³/mol. The SMILES string of the molecule is C[Si](C)(C)NCCP(=O)(O[Si](C)(C)C)O[Si](C)(C)C. The number of hydrogen-bond donors (Lipinski definition) is 1. The summed E-state index contributed by atoms with van der Waals surface area (Å²) in [6.07, 6.45) is 0.478. The Bertz CT molecular complexity index is 312. The Labute approximate surface area is 122 Å². The molecule has 1 N–H and O–H groups in total. The minimum Gasteiger partial charge on any atom is -0.352 e. The fourth-order valence-electron chi connectivity index (χ4n) is 1.51. The maximum atomic E-state index is 12.9. The van der Waals surface area contributed by atoms with E-state index in [9.17, 15) is 4.57 Å². The Hall–Kier alpha value is 0.761. The van der Waals surface area contributed by atoms with E-state index in [1.807, 2.05) is 0 Å². The highest BCUT2D eigenvalue weighted by atomic mass is 31.2. The molecule has 0 radical (unpaired) electrons. The van der Waals surface area contributed by atoms with Crippen LogP contribution in [0.15, 0.2) is 0 Å². The Kier molecular flexibility index (Phi) is 6.95. The van der Waals surface area contributed by atoms with Gasteiger partial charge in [0, 0.05) is 6.54 Å². The summed E-state index contributed by atoms with van der Waals surface area (Å²) in [5, 5.41) is 0. The van der Waals surface area contributed by atoms with Gasteiger partial charge in [-0.15, -0.1) is 0 Å². The molecule has 0 amide bonds. The molecule has 0 saturated heterocycles. The van der Waals surface area contributed by atoms with Crippen LogP contribution in [0.4, 0.5) is 0 Å². The van der Waals surface area contributed by atoms with Gasteiger partial charge in [-0.25, -0.2) is 0 Å². The lowest BCUT2D eigenvalue weighted by atomic mass is 10.8. The average molecular weight is 342 g/mol. The third-order valence-corrected chi connectivity index (χ3v) is 10.6. The van der Waals surface area contributed by atoms with Gasteiger partial charge in [0.05, 0.1) is 6.16 Å². The molecular formula is C11H32NO3PSi3. The second-order valence-corrected chi connectivity index (χ2v) is 24.4. The molecule has 0 aromatic carbocycles. The van der Waals surface area contributed by atoms with E-state index in [0.717, 1.165) is 0 Å². The van der Waals surface area contributed by atoms with Crippen molar-refractivity contribution in [1.82, 2.24) is 4.98 Å². The van der Waals surface area contributed by atoms with Crippen molar-refractivity contribution in [3.63, 3.8) is 0 Å². The Morgan fingerprint density at radius 2 is 1.21 bits per heavy atom. The summed E-state index contributed by atoms with van der Waals surface area (Å²) in [4.78, 5) is 3.49. The first-order valence-electron chi connectivity index (χ1n) is 6.88. The molecule has 0 aromatic rings. The van der Waals surface area contributed by atoms with Crippen molar-refractivity contribution in [3.05, 3.63) is 0 Å². The highest BCUT2D eigenvalue weighted by molar-refractivity contribution is 7.57. The van der Waals surface area contributed by atoms with E-state index in [-0.39, 0.29) is 0 Å². The first-order valence-corrected chi connectivity index (χ1v) is 18.9. The van der Waals surface area contributed by atoms with Crippen molar-refractivity contribution < 1.29 is 13.0 Å². The Morgan fingerprint density at radius 3 is 1.47 bits per heavy atom. The molecule has 0 aliphatic carbocycles. The van der Waals surface area contributed by atoms with Crippen LogP contribution in [0.3, 0.4) is 0 Å². The molecule has 0 unspecified atom stereocenters. The Balaban J connectivity index is 4.73. The highest BCUT2D eigenvalue weighted by Gasteiger charge is 2.36. The largest absolute Gasteiger partial charge is 0.352 e. The maximum Gasteiger partial charge on any atom is 0.312 e. The van der Waals surface area contributed by atoms with Crippen molar-refractivity contribution in [2.75, 3.05) is 12.7 Å². The van der Waals surface area contributed by atoms with Crippen LogP contribution in [0.1, 0.15) is 0 Å². The van der Waals surface area contributed by atoms with Crippen molar-refractivity contribution >= 4 is 32.5 Å². The summed E-state index contributed by atoms with van der Waals surface area (Å²) in [5.74, 6) is 0. The fourth-order valence-corrected chi connectivity index (χ4v) is 10.9. The third-order valence-electron chi connectivity index (χ3n) is 1.87. The van der Waals surface area contributed by atoms with Crippen molar-refractivity contribution in [2.45, 2.75) is 58.9 Å². The van der Waals surface area contributed by atoms with Crippen LogP contribution in [-0.2, 0) is 13.0 Å². The van der Waals surface area contributed by atoms with Crippen molar-refractivity contribution in [2.24, 2.45) is 0 Å². The molecule has 0 spiro atoms. The normalized spacial score (nSPS) is 14.8. The van der Waals surface area contributed by atoms with Gasteiger partial charge in [-0.3, -0.25) is 4.57 Å². The van der Waals surface area contributed by atoms with Crippen LogP contribution in [-0.4, -0.2) is 37.6 Å². The first-order chi connectivity index (χ1) is 8.12. The molecule has 19 heavy (non-hydrogen) atoms. The zero-order chi connectivity index (χ0) is 15.5. The van der Waals surface area contributed by atoms with Crippen LogP contribution < -0.4 is 4.98 Å². The lowest BCUT2D eigenvalue weighted by Crippen LogP contribution is -2.43. The van der Waals surface area contributed by atoms with Gasteiger partial charge in [-0.1, -0.05) is 19.6 Å². The molecule has 0 heterocycles. The van der Waals surface area contributed by atoms with E-state index in [1.165, 1.54) is 0 Å². The van der Waals surface area contributed by atoms with Gasteiger partial charge in [0.1, 0.15) is 8.24 Å². The molecule has 116 valence electrons. The minimum absolute atomic E-state index is 0.478. The highest BCUT2D eigenvalue weighted by Crippen LogP contribution is 2.52. The summed E-state index contributed by atoms with van der Waals surface area (Å²) in [6.45, 7) is 19.7. The third kappa shape index (κ3) is 12.2. The summed E-state index contributed by atoms with van der Waals surface area (Å²) in [7, 11) is -8.04. The van der Waals surface area contributed by atoms with Crippen LogP contribution in [0.2, 0.25) is 58.9 Å². The van der Waals surface area contributed by atoms with Gasteiger partial charge < -0.3 is 13.4 Å². The second kappa shape index (κ2) is 6.68. The molecule has 0 saturated carbocycles. The summed E-state index contributed by atoms with van der Waals surface area (Å²) >= 11 is 0. The number of rotatable bonds is 8.